The van der Waals surface area contributed by atoms with Gasteiger partial charge in [0, 0.05) is 26.5 Å². The third-order valence-corrected chi connectivity index (χ3v) is 3.59. The lowest BCUT2D eigenvalue weighted by atomic mass is 10.2. The van der Waals surface area contributed by atoms with Crippen LogP contribution in [0.15, 0.2) is 36.7 Å². The predicted octanol–water partition coefficient (Wildman–Crippen LogP) is 1.25. The van der Waals surface area contributed by atoms with Crippen LogP contribution in [0, 0.1) is 0 Å². The van der Waals surface area contributed by atoms with Gasteiger partial charge in [-0.15, -0.1) is 0 Å². The third-order valence-electron chi connectivity index (χ3n) is 3.59. The summed E-state index contributed by atoms with van der Waals surface area (Å²) in [5, 5.41) is 3.23. The van der Waals surface area contributed by atoms with Crippen LogP contribution < -0.4 is 10.1 Å². The summed E-state index contributed by atoms with van der Waals surface area (Å²) in [5.41, 5.74) is 0.924. The van der Waals surface area contributed by atoms with E-state index in [1.54, 1.807) is 18.1 Å². The number of rotatable bonds is 3. The Morgan fingerprint density at radius 2 is 2.33 bits per heavy atom. The quantitative estimate of drug-likeness (QED) is 0.922. The molecule has 1 unspecified atom stereocenters. The van der Waals surface area contributed by atoms with Gasteiger partial charge in [-0.2, -0.15) is 0 Å². The number of hydrogen-bond acceptors (Lipinski definition) is 4. The van der Waals surface area contributed by atoms with Crippen molar-refractivity contribution >= 4 is 11.6 Å². The summed E-state index contributed by atoms with van der Waals surface area (Å²) < 4.78 is 7.69. The highest BCUT2D eigenvalue weighted by atomic mass is 16.5. The van der Waals surface area contributed by atoms with Crippen molar-refractivity contribution in [2.45, 2.75) is 12.6 Å². The summed E-state index contributed by atoms with van der Waals surface area (Å²) in [6.45, 7) is 0.935. The summed E-state index contributed by atoms with van der Waals surface area (Å²) in [6, 6.07) is 7.63. The second-order valence-corrected chi connectivity index (χ2v) is 5.13. The van der Waals surface area contributed by atoms with E-state index in [9.17, 15) is 4.79 Å². The fraction of sp³-hybridized carbons (Fsp3) is 0.333. The van der Waals surface area contributed by atoms with Crippen molar-refractivity contribution in [2.24, 2.45) is 7.05 Å². The zero-order valence-electron chi connectivity index (χ0n) is 12.1. The predicted molar refractivity (Wildman–Crippen MR) is 79.0 cm³/mol. The molecule has 1 atom stereocenters. The SMILES string of the molecule is CN(Cc1nccn1C)C(=O)C1CNc2ccccc2O1. The van der Waals surface area contributed by atoms with Gasteiger partial charge in [0.05, 0.1) is 18.8 Å². The van der Waals surface area contributed by atoms with Gasteiger partial charge in [0.1, 0.15) is 11.6 Å². The number of aryl methyl sites for hydroxylation is 1. The fourth-order valence-corrected chi connectivity index (χ4v) is 2.34. The molecule has 6 heteroatoms. The molecule has 0 saturated carbocycles. The van der Waals surface area contributed by atoms with E-state index in [1.165, 1.54) is 0 Å². The number of fused-ring (bicyclic) bond motifs is 1. The van der Waals surface area contributed by atoms with E-state index in [4.69, 9.17) is 4.74 Å². The average Bonchev–Trinajstić information content (AvgIpc) is 2.91. The Hall–Kier alpha value is -2.50. The minimum Gasteiger partial charge on any atom is -0.477 e. The summed E-state index contributed by atoms with van der Waals surface area (Å²) in [4.78, 5) is 18.3. The summed E-state index contributed by atoms with van der Waals surface area (Å²) in [7, 11) is 3.68. The highest BCUT2D eigenvalue weighted by Gasteiger charge is 2.28. The van der Waals surface area contributed by atoms with E-state index >= 15 is 0 Å². The molecule has 0 spiro atoms. The molecule has 2 aromatic rings. The number of carbonyl (C=O) groups excluding carboxylic acids is 1. The highest BCUT2D eigenvalue weighted by molar-refractivity contribution is 5.82. The van der Waals surface area contributed by atoms with Gasteiger partial charge in [-0.25, -0.2) is 4.98 Å². The van der Waals surface area contributed by atoms with Crippen molar-refractivity contribution in [1.29, 1.82) is 0 Å². The zero-order chi connectivity index (χ0) is 14.8. The number of para-hydroxylation sites is 2. The molecule has 3 rings (SSSR count). The summed E-state index contributed by atoms with van der Waals surface area (Å²) in [6.07, 6.45) is 3.08. The Morgan fingerprint density at radius 3 is 3.10 bits per heavy atom. The van der Waals surface area contributed by atoms with Gasteiger partial charge < -0.3 is 19.5 Å². The monoisotopic (exact) mass is 286 g/mol. The largest absolute Gasteiger partial charge is 0.477 e. The van der Waals surface area contributed by atoms with Crippen LogP contribution in [-0.4, -0.2) is 40.1 Å². The smallest absolute Gasteiger partial charge is 0.265 e. The molecule has 1 N–H and O–H groups in total. The number of hydrogen-bond donors (Lipinski definition) is 1. The van der Waals surface area contributed by atoms with Crippen LogP contribution in [0.25, 0.3) is 0 Å². The molecule has 1 aliphatic heterocycles. The molecule has 0 saturated heterocycles. The Labute approximate surface area is 123 Å². The van der Waals surface area contributed by atoms with Crippen molar-refractivity contribution in [3.05, 3.63) is 42.5 Å². The van der Waals surface area contributed by atoms with Crippen molar-refractivity contribution in [3.8, 4) is 5.75 Å². The highest BCUT2D eigenvalue weighted by Crippen LogP contribution is 2.28. The van der Waals surface area contributed by atoms with Crippen molar-refractivity contribution in [2.75, 3.05) is 18.9 Å². The molecule has 110 valence electrons. The van der Waals surface area contributed by atoms with Gasteiger partial charge in [0.2, 0.25) is 0 Å². The molecule has 1 amide bonds. The van der Waals surface area contributed by atoms with Crippen molar-refractivity contribution < 1.29 is 9.53 Å². The van der Waals surface area contributed by atoms with E-state index in [1.807, 2.05) is 42.1 Å². The minimum atomic E-state index is -0.509. The molecule has 0 fully saturated rings. The number of nitrogens with one attached hydrogen (secondary N) is 1. The molecule has 0 bridgehead atoms. The van der Waals surface area contributed by atoms with Gasteiger partial charge >= 0.3 is 0 Å². The first-order chi connectivity index (χ1) is 10.1. The number of ether oxygens (including phenoxy) is 1. The minimum absolute atomic E-state index is 0.0556. The van der Waals surface area contributed by atoms with Crippen LogP contribution in [0.3, 0.4) is 0 Å². The van der Waals surface area contributed by atoms with Crippen LogP contribution in [0.2, 0.25) is 0 Å². The Kier molecular flexibility index (Phi) is 3.51. The van der Waals surface area contributed by atoms with E-state index in [0.29, 0.717) is 18.8 Å². The molecule has 2 heterocycles. The molecule has 1 aliphatic rings. The van der Waals surface area contributed by atoms with Gasteiger partial charge in [0.25, 0.3) is 5.91 Å². The maximum absolute atomic E-state index is 12.5. The Morgan fingerprint density at radius 1 is 1.52 bits per heavy atom. The number of benzene rings is 1. The lowest BCUT2D eigenvalue weighted by Crippen LogP contribution is -2.45. The first-order valence-corrected chi connectivity index (χ1v) is 6.86. The molecular weight excluding hydrogens is 268 g/mol. The Balaban J connectivity index is 1.67. The van der Waals surface area contributed by atoms with Crippen molar-refractivity contribution in [3.63, 3.8) is 0 Å². The number of aromatic nitrogens is 2. The van der Waals surface area contributed by atoms with Crippen LogP contribution in [0.4, 0.5) is 5.69 Å². The molecule has 1 aromatic heterocycles. The number of imidazole rings is 1. The molecule has 0 aliphatic carbocycles. The second kappa shape index (κ2) is 5.47. The first kappa shape index (κ1) is 13.5. The zero-order valence-corrected chi connectivity index (χ0v) is 12.1. The molecule has 1 aromatic carbocycles. The number of likely N-dealkylation sites (N-methyl/N-ethyl adjacent to an activating group) is 1. The van der Waals surface area contributed by atoms with Crippen LogP contribution >= 0.6 is 0 Å². The number of nitrogens with zero attached hydrogens (tertiary/aromatic N) is 3. The molecule has 6 nitrogen and oxygen atoms in total. The van der Waals surface area contributed by atoms with Crippen LogP contribution in [-0.2, 0) is 18.4 Å². The van der Waals surface area contributed by atoms with E-state index < -0.39 is 6.10 Å². The van der Waals surface area contributed by atoms with E-state index in [-0.39, 0.29) is 5.91 Å². The van der Waals surface area contributed by atoms with Crippen molar-refractivity contribution in [1.82, 2.24) is 14.5 Å². The summed E-state index contributed by atoms with van der Waals surface area (Å²) in [5.74, 6) is 1.50. The van der Waals surface area contributed by atoms with E-state index in [2.05, 4.69) is 10.3 Å². The fourth-order valence-electron chi connectivity index (χ4n) is 2.34. The number of anilines is 1. The average molecular weight is 286 g/mol. The lowest BCUT2D eigenvalue weighted by molar-refractivity contribution is -0.137. The second-order valence-electron chi connectivity index (χ2n) is 5.13. The maximum Gasteiger partial charge on any atom is 0.265 e. The van der Waals surface area contributed by atoms with Gasteiger partial charge in [-0.1, -0.05) is 12.1 Å². The molecule has 0 radical (unpaired) electrons. The maximum atomic E-state index is 12.5. The first-order valence-electron chi connectivity index (χ1n) is 6.86. The molecular formula is C15H18N4O2. The molecule has 21 heavy (non-hydrogen) atoms. The number of amides is 1. The lowest BCUT2D eigenvalue weighted by Gasteiger charge is -2.29. The van der Waals surface area contributed by atoms with Gasteiger partial charge in [0.15, 0.2) is 6.10 Å². The van der Waals surface area contributed by atoms with Gasteiger partial charge in [-0.3, -0.25) is 4.79 Å². The third kappa shape index (κ3) is 2.69. The topological polar surface area (TPSA) is 59.4 Å². The van der Waals surface area contributed by atoms with E-state index in [0.717, 1.165) is 11.5 Å². The summed E-state index contributed by atoms with van der Waals surface area (Å²) >= 11 is 0. The van der Waals surface area contributed by atoms with Gasteiger partial charge in [-0.05, 0) is 12.1 Å². The van der Waals surface area contributed by atoms with Crippen LogP contribution in [0.5, 0.6) is 5.75 Å². The standard InChI is InChI=1S/C15H18N4O2/c1-18-8-7-16-14(18)10-19(2)15(20)13-9-17-11-5-3-4-6-12(11)21-13/h3-8,13,17H,9-10H2,1-2H3. The number of carbonyl (C=O) groups is 1. The Bertz CT molecular complexity index is 653. The normalized spacial score (nSPS) is 16.6. The van der Waals surface area contributed by atoms with Crippen LogP contribution in [0.1, 0.15) is 5.82 Å².